The number of furan rings is 1. The van der Waals surface area contributed by atoms with E-state index in [1.54, 1.807) is 0 Å². The third-order valence-electron chi connectivity index (χ3n) is 2.40. The molecule has 5 nitrogen and oxygen atoms in total. The number of benzene rings is 1. The van der Waals surface area contributed by atoms with Crippen LogP contribution in [0.4, 0.5) is 0 Å². The van der Waals surface area contributed by atoms with Gasteiger partial charge in [-0.2, -0.15) is 0 Å². The highest BCUT2D eigenvalue weighted by Crippen LogP contribution is 2.28. The third kappa shape index (κ3) is 1.87. The predicted molar refractivity (Wildman–Crippen MR) is 59.2 cm³/mol. The lowest BCUT2D eigenvalue weighted by Crippen LogP contribution is -1.97. The summed E-state index contributed by atoms with van der Waals surface area (Å²) in [5.74, 6) is -1.01. The van der Waals surface area contributed by atoms with Crippen LogP contribution in [-0.2, 0) is 4.74 Å². The zero-order chi connectivity index (χ0) is 12.6. The van der Waals surface area contributed by atoms with Crippen molar-refractivity contribution in [1.82, 2.24) is 0 Å². The first kappa shape index (κ1) is 11.2. The number of rotatable bonds is 2. The Labute approximate surface area is 96.6 Å². The molecule has 5 heteroatoms. The van der Waals surface area contributed by atoms with E-state index in [4.69, 9.17) is 4.42 Å². The van der Waals surface area contributed by atoms with Gasteiger partial charge in [0.05, 0.1) is 12.7 Å². The van der Waals surface area contributed by atoms with E-state index in [2.05, 4.69) is 4.74 Å². The van der Waals surface area contributed by atoms with Gasteiger partial charge in [0.25, 0.3) is 0 Å². The van der Waals surface area contributed by atoms with Gasteiger partial charge in [-0.1, -0.05) is 0 Å². The Morgan fingerprint density at radius 2 is 2.00 bits per heavy atom. The lowest BCUT2D eigenvalue weighted by molar-refractivity contribution is 0.0567. The number of carbonyl (C=O) groups excluding carboxylic acids is 2. The highest BCUT2D eigenvalue weighted by molar-refractivity contribution is 6.01. The number of Topliss-reactive ketones (excluding diaryl/α,β-unsaturated/α-hetero) is 1. The van der Waals surface area contributed by atoms with E-state index < -0.39 is 5.97 Å². The molecule has 1 aromatic heterocycles. The fraction of sp³-hybridized carbons (Fsp3) is 0.167. The first-order valence-corrected chi connectivity index (χ1v) is 4.88. The number of methoxy groups -OCH3 is 1. The predicted octanol–water partition coefficient (Wildman–Crippen LogP) is 2.13. The van der Waals surface area contributed by atoms with Crippen molar-refractivity contribution in [3.8, 4) is 5.75 Å². The molecule has 1 aromatic carbocycles. The molecule has 0 aliphatic heterocycles. The van der Waals surface area contributed by atoms with Gasteiger partial charge in [0, 0.05) is 11.5 Å². The minimum absolute atomic E-state index is 0.0302. The van der Waals surface area contributed by atoms with E-state index >= 15 is 0 Å². The quantitative estimate of drug-likeness (QED) is 0.636. The van der Waals surface area contributed by atoms with Crippen LogP contribution in [0.15, 0.2) is 22.6 Å². The Morgan fingerprint density at radius 1 is 1.29 bits per heavy atom. The Balaban J connectivity index is 2.62. The maximum atomic E-state index is 11.2. The first-order valence-electron chi connectivity index (χ1n) is 4.88. The van der Waals surface area contributed by atoms with Crippen molar-refractivity contribution in [2.75, 3.05) is 7.11 Å². The highest BCUT2D eigenvalue weighted by Gasteiger charge is 2.15. The average molecular weight is 234 g/mol. The lowest BCUT2D eigenvalue weighted by atomic mass is 10.1. The summed E-state index contributed by atoms with van der Waals surface area (Å²) in [4.78, 5) is 22.5. The second-order valence-electron chi connectivity index (χ2n) is 3.57. The van der Waals surface area contributed by atoms with Crippen molar-refractivity contribution in [2.45, 2.75) is 6.92 Å². The van der Waals surface area contributed by atoms with Gasteiger partial charge in [-0.3, -0.25) is 4.79 Å². The fourth-order valence-corrected chi connectivity index (χ4v) is 1.56. The number of fused-ring (bicyclic) bond motifs is 1. The van der Waals surface area contributed by atoms with Crippen LogP contribution in [0.2, 0.25) is 0 Å². The number of carbonyl (C=O) groups is 2. The van der Waals surface area contributed by atoms with Gasteiger partial charge in [-0.15, -0.1) is 0 Å². The molecule has 17 heavy (non-hydrogen) atoms. The van der Waals surface area contributed by atoms with Crippen LogP contribution in [0, 0.1) is 0 Å². The zero-order valence-corrected chi connectivity index (χ0v) is 9.31. The first-order chi connectivity index (χ1) is 8.02. The van der Waals surface area contributed by atoms with E-state index in [1.165, 1.54) is 32.2 Å². The van der Waals surface area contributed by atoms with Gasteiger partial charge < -0.3 is 14.3 Å². The molecule has 0 amide bonds. The average Bonchev–Trinajstić information content (AvgIpc) is 2.69. The Morgan fingerprint density at radius 3 is 2.59 bits per heavy atom. The van der Waals surface area contributed by atoms with E-state index in [1.807, 2.05) is 0 Å². The van der Waals surface area contributed by atoms with Gasteiger partial charge in [0.15, 0.2) is 5.78 Å². The van der Waals surface area contributed by atoms with Crippen LogP contribution >= 0.6 is 0 Å². The van der Waals surface area contributed by atoms with Crippen LogP contribution in [0.25, 0.3) is 11.0 Å². The van der Waals surface area contributed by atoms with E-state index in [9.17, 15) is 14.7 Å². The SMILES string of the molecule is COC(=O)c1cc2cc(C(C)=O)c(O)cc2o1. The molecule has 0 atom stereocenters. The summed E-state index contributed by atoms with van der Waals surface area (Å²) >= 11 is 0. The second kappa shape index (κ2) is 3.93. The number of esters is 1. The Hall–Kier alpha value is -2.30. The van der Waals surface area contributed by atoms with Crippen LogP contribution in [-0.4, -0.2) is 24.0 Å². The van der Waals surface area contributed by atoms with Crippen molar-refractivity contribution in [1.29, 1.82) is 0 Å². The molecule has 1 N–H and O–H groups in total. The minimum Gasteiger partial charge on any atom is -0.507 e. The van der Waals surface area contributed by atoms with Gasteiger partial charge in [-0.05, 0) is 19.1 Å². The molecule has 0 unspecified atom stereocenters. The monoisotopic (exact) mass is 234 g/mol. The van der Waals surface area contributed by atoms with E-state index in [0.717, 1.165) is 0 Å². The largest absolute Gasteiger partial charge is 0.507 e. The van der Waals surface area contributed by atoms with Crippen LogP contribution in [0.5, 0.6) is 5.75 Å². The third-order valence-corrected chi connectivity index (χ3v) is 2.40. The van der Waals surface area contributed by atoms with E-state index in [0.29, 0.717) is 11.0 Å². The van der Waals surface area contributed by atoms with Crippen molar-refractivity contribution >= 4 is 22.7 Å². The number of aromatic hydroxyl groups is 1. The molecule has 0 saturated carbocycles. The molecule has 0 fully saturated rings. The minimum atomic E-state index is -0.606. The number of hydrogen-bond donors (Lipinski definition) is 1. The summed E-state index contributed by atoms with van der Waals surface area (Å²) < 4.78 is 9.70. The standard InChI is InChI=1S/C12H10O5/c1-6(13)8-3-7-4-11(12(15)16-2)17-10(7)5-9(8)14/h3-5,14H,1-2H3. The molecule has 0 radical (unpaired) electrons. The topological polar surface area (TPSA) is 76.7 Å². The number of ketones is 1. The van der Waals surface area contributed by atoms with Crippen molar-refractivity contribution < 1.29 is 23.8 Å². The van der Waals surface area contributed by atoms with Gasteiger partial charge in [0.1, 0.15) is 11.3 Å². The Bertz CT molecular complexity index is 609. The summed E-state index contributed by atoms with van der Waals surface area (Å²) in [5.41, 5.74) is 0.516. The Kier molecular flexibility index (Phi) is 2.59. The van der Waals surface area contributed by atoms with Gasteiger partial charge in [0.2, 0.25) is 5.76 Å². The summed E-state index contributed by atoms with van der Waals surface area (Å²) in [6.45, 7) is 1.35. The van der Waals surface area contributed by atoms with Crippen molar-refractivity contribution in [3.05, 3.63) is 29.5 Å². The maximum Gasteiger partial charge on any atom is 0.373 e. The number of phenols is 1. The number of phenolic OH excluding ortho intramolecular Hbond substituents is 1. The van der Waals surface area contributed by atoms with Crippen molar-refractivity contribution in [3.63, 3.8) is 0 Å². The molecule has 0 aliphatic carbocycles. The fourth-order valence-electron chi connectivity index (χ4n) is 1.56. The molecule has 88 valence electrons. The van der Waals surface area contributed by atoms with Gasteiger partial charge in [-0.25, -0.2) is 4.79 Å². The summed E-state index contributed by atoms with van der Waals surface area (Å²) in [6.07, 6.45) is 0. The molecule has 0 spiro atoms. The van der Waals surface area contributed by atoms with Crippen LogP contribution < -0.4 is 0 Å². The smallest absolute Gasteiger partial charge is 0.373 e. The highest BCUT2D eigenvalue weighted by atomic mass is 16.5. The molecule has 0 bridgehead atoms. The molecule has 0 saturated heterocycles. The normalized spacial score (nSPS) is 10.5. The molecule has 2 aromatic rings. The van der Waals surface area contributed by atoms with Crippen LogP contribution in [0.3, 0.4) is 0 Å². The maximum absolute atomic E-state index is 11.2. The number of hydrogen-bond acceptors (Lipinski definition) is 5. The molecular formula is C12H10O5. The summed E-state index contributed by atoms with van der Waals surface area (Å²) in [7, 11) is 1.24. The van der Waals surface area contributed by atoms with Gasteiger partial charge >= 0.3 is 5.97 Å². The number of ether oxygens (including phenoxy) is 1. The van der Waals surface area contributed by atoms with Crippen LogP contribution in [0.1, 0.15) is 27.8 Å². The van der Waals surface area contributed by atoms with Crippen molar-refractivity contribution in [2.24, 2.45) is 0 Å². The molecular weight excluding hydrogens is 224 g/mol. The molecule has 1 heterocycles. The molecule has 2 rings (SSSR count). The summed E-state index contributed by atoms with van der Waals surface area (Å²) in [5, 5.41) is 10.2. The van der Waals surface area contributed by atoms with E-state index in [-0.39, 0.29) is 22.9 Å². The summed E-state index contributed by atoms with van der Waals surface area (Å²) in [6, 6.07) is 4.24. The molecule has 0 aliphatic rings. The zero-order valence-electron chi connectivity index (χ0n) is 9.31. The lowest BCUT2D eigenvalue weighted by Gasteiger charge is -1.99. The second-order valence-corrected chi connectivity index (χ2v) is 3.57.